The molecule has 8 aromatic carbocycles. The fraction of sp³-hybridized carbons (Fsp3) is 0.117. The molecule has 8 rings (SSSR count). The van der Waals surface area contributed by atoms with Gasteiger partial charge in [-0.1, -0.05) is 276 Å². The van der Waals surface area contributed by atoms with Crippen molar-refractivity contribution in [1.29, 1.82) is 0 Å². The average Bonchev–Trinajstić information content (AvgIpc) is 3.44. The molecule has 15 heteroatoms. The fourth-order valence-corrected chi connectivity index (χ4v) is 19.7. The normalized spacial score (nSPS) is 10.5. The van der Waals surface area contributed by atoms with Crippen LogP contribution in [0.15, 0.2) is 243 Å². The van der Waals surface area contributed by atoms with Gasteiger partial charge in [0.05, 0.1) is 0 Å². The summed E-state index contributed by atoms with van der Waals surface area (Å²) in [6.45, 7) is 18.6. The zero-order valence-electron chi connectivity index (χ0n) is 41.1. The van der Waals surface area contributed by atoms with Crippen molar-refractivity contribution in [1.82, 2.24) is 0 Å². The SMILES string of the molecule is O=S(=O)([O-])C(F)(F)F.[C-]#[O+].[C-]#[O+].[CH-][C]([CH]CC)CC.[Ir].[Ir].c1ccc(P(CP(c2ccccc2)c2ccccc2)c2ccccc2)cc1.c1ccc(P(CP(c2ccccc2)c2ccccc2)c2ccccc2)cc1. The first-order valence-electron chi connectivity index (χ1n) is 22.8. The Hall–Kier alpha value is -4.04. The summed E-state index contributed by atoms with van der Waals surface area (Å²) in [5.41, 5.74) is -5.65. The standard InChI is InChI=1S/2C25H22P2.C7H12.CHF3O3S.2CO.2Ir/c2*1-5-13-22(14-6-1)26(23-15-7-2-8-16-23)21-27(24-17-9-3-10-18-24)25-19-11-4-12-20-25;1-4-6-7(3)5-2;2-1(3,4)8(5,6)7;2*1-2;;/h2*1-20H,21H2;3,6H,4-5H2,1-2H3;(H,5,6,7);;;;/q;;-1;;;;;/p-1. The summed E-state index contributed by atoms with van der Waals surface area (Å²) in [6.07, 6.45) is 4.08. The predicted octanol–water partition coefficient (Wildman–Crippen LogP) is 12.7. The molecule has 0 aliphatic carbocycles. The van der Waals surface area contributed by atoms with Gasteiger partial charge < -0.3 is 11.5 Å². The molecule has 5 nitrogen and oxygen atoms in total. The van der Waals surface area contributed by atoms with E-state index in [9.17, 15) is 13.2 Å². The molecule has 0 unspecified atom stereocenters. The van der Waals surface area contributed by atoms with E-state index in [1.807, 2.05) is 6.42 Å². The Balaban J connectivity index is 0.000000551. The first-order valence-corrected chi connectivity index (χ1v) is 30.3. The predicted molar refractivity (Wildman–Crippen MR) is 302 cm³/mol. The monoisotopic (exact) mass is 1460 g/mol. The average molecular weight is 1450 g/mol. The first-order chi connectivity index (χ1) is 35.4. The van der Waals surface area contributed by atoms with Crippen LogP contribution in [0.2, 0.25) is 0 Å². The summed E-state index contributed by atoms with van der Waals surface area (Å²) in [6, 6.07) is 88.3. The summed E-state index contributed by atoms with van der Waals surface area (Å²) < 4.78 is 73.9. The third-order valence-electron chi connectivity index (χ3n) is 10.3. The third-order valence-corrected chi connectivity index (χ3v) is 22.7. The number of rotatable bonds is 15. The Morgan fingerprint density at radius 1 is 0.440 bits per heavy atom. The molecule has 0 aromatic heterocycles. The molecule has 0 atom stereocenters. The second-order valence-electron chi connectivity index (χ2n) is 15.1. The number of hydrogen-bond donors (Lipinski definition) is 0. The Morgan fingerprint density at radius 2 is 0.587 bits per heavy atom. The molecular formula is C60H56F3Ir2O5P4S-2. The van der Waals surface area contributed by atoms with E-state index in [0.717, 1.165) is 18.8 Å². The van der Waals surface area contributed by atoms with E-state index in [1.165, 1.54) is 54.2 Å². The second-order valence-corrected chi connectivity index (χ2v) is 26.3. The van der Waals surface area contributed by atoms with Crippen molar-refractivity contribution in [2.75, 3.05) is 11.8 Å². The van der Waals surface area contributed by atoms with E-state index in [1.54, 1.807) is 0 Å². The van der Waals surface area contributed by atoms with Gasteiger partial charge in [0.1, 0.15) is 0 Å². The van der Waals surface area contributed by atoms with Crippen molar-refractivity contribution in [3.8, 4) is 0 Å². The van der Waals surface area contributed by atoms with Gasteiger partial charge in [-0.05, 0) is 74.1 Å². The Labute approximate surface area is 475 Å². The van der Waals surface area contributed by atoms with E-state index in [2.05, 4.69) is 270 Å². The summed E-state index contributed by atoms with van der Waals surface area (Å²) in [5, 5.41) is 11.7. The molecule has 0 aliphatic rings. The molecule has 0 saturated carbocycles. The first kappa shape index (κ1) is 69.0. The van der Waals surface area contributed by atoms with E-state index in [-0.39, 0.29) is 40.2 Å². The van der Waals surface area contributed by atoms with Crippen molar-refractivity contribution in [3.05, 3.63) is 275 Å². The van der Waals surface area contributed by atoms with Gasteiger partial charge in [-0.15, -0.1) is 0 Å². The molecule has 0 fully saturated rings. The van der Waals surface area contributed by atoms with Crippen LogP contribution < -0.4 is 42.4 Å². The van der Waals surface area contributed by atoms with E-state index < -0.39 is 47.3 Å². The van der Waals surface area contributed by atoms with Crippen LogP contribution in [0.4, 0.5) is 13.2 Å². The van der Waals surface area contributed by atoms with E-state index in [0.29, 0.717) is 0 Å². The maximum Gasteiger partial charge on any atom is 0.00405 e. The minimum atomic E-state index is -6.09. The Morgan fingerprint density at radius 3 is 0.680 bits per heavy atom. The van der Waals surface area contributed by atoms with Gasteiger partial charge in [-0.3, -0.25) is 0 Å². The largest absolute Gasteiger partial charge is 0.490 e. The maximum atomic E-state index is 10.7. The van der Waals surface area contributed by atoms with Crippen molar-refractivity contribution in [2.24, 2.45) is 0 Å². The molecule has 0 amide bonds. The Kier molecular flexibility index (Phi) is 36.2. The van der Waals surface area contributed by atoms with E-state index in [4.69, 9.17) is 29.2 Å². The van der Waals surface area contributed by atoms with Crippen molar-refractivity contribution < 1.29 is 75.7 Å². The molecule has 5 radical (unpaired) electrons. The van der Waals surface area contributed by atoms with Crippen LogP contribution in [-0.4, -0.2) is 30.3 Å². The van der Waals surface area contributed by atoms with Crippen LogP contribution >= 0.6 is 31.7 Å². The summed E-state index contributed by atoms with van der Waals surface area (Å²) in [7, 11) is -7.72. The molecule has 393 valence electrons. The van der Waals surface area contributed by atoms with Gasteiger partial charge in [0.15, 0.2) is 10.1 Å². The maximum absolute atomic E-state index is 10.7. The number of alkyl halides is 3. The molecule has 0 bridgehead atoms. The molecule has 0 aliphatic heterocycles. The summed E-state index contributed by atoms with van der Waals surface area (Å²) >= 11 is 0. The van der Waals surface area contributed by atoms with Crippen LogP contribution in [0, 0.1) is 32.6 Å². The van der Waals surface area contributed by atoms with Crippen molar-refractivity contribution in [2.45, 2.75) is 32.2 Å². The molecular weight excluding hydrogens is 1400 g/mol. The molecule has 0 spiro atoms. The van der Waals surface area contributed by atoms with Gasteiger partial charge in [-0.25, -0.2) is 14.3 Å². The van der Waals surface area contributed by atoms with Gasteiger partial charge in [0.25, 0.3) is 0 Å². The van der Waals surface area contributed by atoms with Gasteiger partial charge >= 0.3 is 28.1 Å². The van der Waals surface area contributed by atoms with Crippen LogP contribution in [0.5, 0.6) is 0 Å². The quantitative estimate of drug-likeness (QED) is 0.0336. The molecule has 0 N–H and O–H groups in total. The smallest absolute Gasteiger partial charge is 0.00405 e. The van der Waals surface area contributed by atoms with Crippen LogP contribution in [0.3, 0.4) is 0 Å². The third kappa shape index (κ3) is 24.9. The minimum Gasteiger partial charge on any atom is -0.490 e. The fourth-order valence-electron chi connectivity index (χ4n) is 6.80. The molecule has 75 heavy (non-hydrogen) atoms. The zero-order valence-corrected chi connectivity index (χ0v) is 50.3. The van der Waals surface area contributed by atoms with Crippen LogP contribution in [0.1, 0.15) is 26.7 Å². The molecule has 0 saturated heterocycles. The Bertz CT molecular complexity index is 2330. The number of hydrogen-bond acceptors (Lipinski definition) is 3. The van der Waals surface area contributed by atoms with E-state index >= 15 is 0 Å². The van der Waals surface area contributed by atoms with Gasteiger partial charge in [0.2, 0.25) is 0 Å². The minimum absolute atomic E-state index is 0. The van der Waals surface area contributed by atoms with Crippen molar-refractivity contribution in [3.63, 3.8) is 0 Å². The van der Waals surface area contributed by atoms with Crippen molar-refractivity contribution >= 4 is 84.2 Å². The summed E-state index contributed by atoms with van der Waals surface area (Å²) in [5.74, 6) is 3.35. The van der Waals surface area contributed by atoms with Crippen LogP contribution in [-0.2, 0) is 59.6 Å². The molecule has 0 heterocycles. The topological polar surface area (TPSA) is 97.0 Å². The van der Waals surface area contributed by atoms with Gasteiger partial charge in [0, 0.05) is 52.0 Å². The molecule has 8 aromatic rings. The summed E-state index contributed by atoms with van der Waals surface area (Å²) in [4.78, 5) is 0. The van der Waals surface area contributed by atoms with Gasteiger partial charge in [-0.2, -0.15) is 13.2 Å². The zero-order chi connectivity index (χ0) is 53.3. The number of halogens is 3. The van der Waals surface area contributed by atoms with Crippen LogP contribution in [0.25, 0.3) is 0 Å². The number of benzene rings is 8. The second kappa shape index (κ2) is 39.3.